The minimum atomic E-state index is 0.322. The Hall–Kier alpha value is -2.29. The maximum Gasteiger partial charge on any atom is 0.192 e. The van der Waals surface area contributed by atoms with Gasteiger partial charge in [0, 0.05) is 6.04 Å². The second kappa shape index (κ2) is 4.92. The topological polar surface area (TPSA) is 41.6 Å². The standard InChI is InChI=1S/C18H19N3/c19-18-20-12-17(21(18)16-10-11-16)15-8-6-14(7-9-15)13-4-2-1-3-5-13/h1-9,16-17H,10-12H2,(H2,19,20). The van der Waals surface area contributed by atoms with E-state index in [2.05, 4.69) is 58.4 Å². The lowest BCUT2D eigenvalue weighted by atomic mass is 10.0. The molecule has 4 rings (SSSR count). The Kier molecular flexibility index (Phi) is 2.92. The smallest absolute Gasteiger partial charge is 0.192 e. The van der Waals surface area contributed by atoms with Gasteiger partial charge in [-0.2, -0.15) is 0 Å². The molecule has 0 amide bonds. The number of rotatable bonds is 3. The van der Waals surface area contributed by atoms with Gasteiger partial charge < -0.3 is 10.6 Å². The quantitative estimate of drug-likeness (QED) is 0.936. The molecule has 1 atom stereocenters. The van der Waals surface area contributed by atoms with E-state index < -0.39 is 0 Å². The average molecular weight is 277 g/mol. The summed E-state index contributed by atoms with van der Waals surface area (Å²) in [4.78, 5) is 6.74. The molecule has 0 bridgehead atoms. The zero-order chi connectivity index (χ0) is 14.2. The highest BCUT2D eigenvalue weighted by Gasteiger charge is 2.38. The van der Waals surface area contributed by atoms with Gasteiger partial charge in [-0.1, -0.05) is 54.6 Å². The van der Waals surface area contributed by atoms with Crippen LogP contribution in [0.1, 0.15) is 24.4 Å². The highest BCUT2D eigenvalue weighted by atomic mass is 15.4. The molecule has 2 aliphatic rings. The largest absolute Gasteiger partial charge is 0.370 e. The fourth-order valence-corrected chi connectivity index (χ4v) is 3.10. The zero-order valence-corrected chi connectivity index (χ0v) is 11.9. The van der Waals surface area contributed by atoms with Crippen LogP contribution in [-0.4, -0.2) is 23.4 Å². The third-order valence-electron chi connectivity index (χ3n) is 4.37. The van der Waals surface area contributed by atoms with Crippen LogP contribution >= 0.6 is 0 Å². The van der Waals surface area contributed by atoms with Crippen LogP contribution in [0.5, 0.6) is 0 Å². The Morgan fingerprint density at radius 1 is 0.905 bits per heavy atom. The Balaban J connectivity index is 1.59. The molecule has 1 aliphatic carbocycles. The first-order chi connectivity index (χ1) is 10.3. The van der Waals surface area contributed by atoms with E-state index in [1.54, 1.807) is 0 Å². The van der Waals surface area contributed by atoms with E-state index in [0.717, 1.165) is 12.5 Å². The second-order valence-corrected chi connectivity index (χ2v) is 5.84. The van der Waals surface area contributed by atoms with Crippen LogP contribution in [0.2, 0.25) is 0 Å². The first-order valence-corrected chi connectivity index (χ1v) is 7.56. The summed E-state index contributed by atoms with van der Waals surface area (Å²) >= 11 is 0. The lowest BCUT2D eigenvalue weighted by Gasteiger charge is -2.26. The lowest BCUT2D eigenvalue weighted by molar-refractivity contribution is 0.338. The number of hydrogen-bond acceptors (Lipinski definition) is 3. The fraction of sp³-hybridized carbons (Fsp3) is 0.278. The van der Waals surface area contributed by atoms with Crippen LogP contribution in [-0.2, 0) is 0 Å². The van der Waals surface area contributed by atoms with Crippen molar-refractivity contribution in [2.24, 2.45) is 10.7 Å². The molecule has 1 fully saturated rings. The van der Waals surface area contributed by atoms with Crippen molar-refractivity contribution < 1.29 is 0 Å². The highest BCUT2D eigenvalue weighted by molar-refractivity contribution is 5.81. The first kappa shape index (κ1) is 12.5. The van der Waals surface area contributed by atoms with Crippen LogP contribution in [0, 0.1) is 0 Å². The van der Waals surface area contributed by atoms with Crippen LogP contribution in [0.15, 0.2) is 59.6 Å². The van der Waals surface area contributed by atoms with Gasteiger partial charge in [0.05, 0.1) is 12.6 Å². The van der Waals surface area contributed by atoms with Crippen LogP contribution in [0.4, 0.5) is 0 Å². The van der Waals surface area contributed by atoms with E-state index in [0.29, 0.717) is 12.1 Å². The number of nitrogens with two attached hydrogens (primary N) is 1. The van der Waals surface area contributed by atoms with E-state index in [-0.39, 0.29) is 0 Å². The summed E-state index contributed by atoms with van der Waals surface area (Å²) in [6.07, 6.45) is 2.49. The molecule has 3 heteroatoms. The van der Waals surface area contributed by atoms with Crippen LogP contribution in [0.25, 0.3) is 11.1 Å². The Morgan fingerprint density at radius 2 is 1.57 bits per heavy atom. The van der Waals surface area contributed by atoms with E-state index in [4.69, 9.17) is 5.73 Å². The molecular formula is C18H19N3. The summed E-state index contributed by atoms with van der Waals surface area (Å²) in [7, 11) is 0. The van der Waals surface area contributed by atoms with Crippen molar-refractivity contribution in [3.05, 3.63) is 60.2 Å². The van der Waals surface area contributed by atoms with Gasteiger partial charge in [0.2, 0.25) is 0 Å². The van der Waals surface area contributed by atoms with Gasteiger partial charge in [0.25, 0.3) is 0 Å². The van der Waals surface area contributed by atoms with Gasteiger partial charge >= 0.3 is 0 Å². The number of nitrogens with zero attached hydrogens (tertiary/aromatic N) is 2. The van der Waals surface area contributed by atoms with E-state index in [9.17, 15) is 0 Å². The average Bonchev–Trinajstić information content (AvgIpc) is 3.31. The summed E-state index contributed by atoms with van der Waals surface area (Å²) in [6, 6.07) is 20.2. The molecule has 1 heterocycles. The Bertz CT molecular complexity index is 657. The summed E-state index contributed by atoms with van der Waals surface area (Å²) < 4.78 is 0. The van der Waals surface area contributed by atoms with Gasteiger partial charge in [-0.15, -0.1) is 0 Å². The van der Waals surface area contributed by atoms with E-state index in [1.165, 1.54) is 29.5 Å². The van der Waals surface area contributed by atoms with Crippen molar-refractivity contribution >= 4 is 5.96 Å². The van der Waals surface area contributed by atoms with Crippen molar-refractivity contribution in [3.63, 3.8) is 0 Å². The molecule has 1 saturated carbocycles. The molecule has 2 aromatic rings. The second-order valence-electron chi connectivity index (χ2n) is 5.84. The summed E-state index contributed by atoms with van der Waals surface area (Å²) in [5.41, 5.74) is 9.86. The van der Waals surface area contributed by atoms with Crippen LogP contribution < -0.4 is 5.73 Å². The van der Waals surface area contributed by atoms with Gasteiger partial charge in [-0.05, 0) is 29.5 Å². The third kappa shape index (κ3) is 2.29. The molecule has 3 nitrogen and oxygen atoms in total. The van der Waals surface area contributed by atoms with Crippen LogP contribution in [0.3, 0.4) is 0 Å². The molecule has 106 valence electrons. The normalized spacial score (nSPS) is 21.4. The number of benzene rings is 2. The predicted molar refractivity (Wildman–Crippen MR) is 86.0 cm³/mol. The minimum Gasteiger partial charge on any atom is -0.370 e. The maximum atomic E-state index is 6.04. The molecular weight excluding hydrogens is 258 g/mol. The van der Waals surface area contributed by atoms with Crippen molar-refractivity contribution in [3.8, 4) is 11.1 Å². The van der Waals surface area contributed by atoms with Crippen molar-refractivity contribution in [1.82, 2.24) is 4.90 Å². The lowest BCUT2D eigenvalue weighted by Crippen LogP contribution is -2.37. The molecule has 1 aliphatic heterocycles. The van der Waals surface area contributed by atoms with Gasteiger partial charge in [-0.25, -0.2) is 0 Å². The van der Waals surface area contributed by atoms with E-state index >= 15 is 0 Å². The SMILES string of the molecule is NC1=NCC(c2ccc(-c3ccccc3)cc2)N1C1CC1. The minimum absolute atomic E-state index is 0.322. The van der Waals surface area contributed by atoms with Crippen molar-refractivity contribution in [1.29, 1.82) is 0 Å². The maximum absolute atomic E-state index is 6.04. The summed E-state index contributed by atoms with van der Waals surface area (Å²) in [5, 5.41) is 0. The molecule has 0 spiro atoms. The van der Waals surface area contributed by atoms with Crippen molar-refractivity contribution in [2.45, 2.75) is 24.9 Å². The van der Waals surface area contributed by atoms with Gasteiger partial charge in [-0.3, -0.25) is 4.99 Å². The Morgan fingerprint density at radius 3 is 2.24 bits per heavy atom. The fourth-order valence-electron chi connectivity index (χ4n) is 3.10. The monoisotopic (exact) mass is 277 g/mol. The van der Waals surface area contributed by atoms with Gasteiger partial charge in [0.15, 0.2) is 5.96 Å². The molecule has 0 aromatic heterocycles. The molecule has 1 unspecified atom stereocenters. The summed E-state index contributed by atoms with van der Waals surface area (Å²) in [6.45, 7) is 0.785. The molecule has 2 N–H and O–H groups in total. The first-order valence-electron chi connectivity index (χ1n) is 7.56. The predicted octanol–water partition coefficient (Wildman–Crippen LogP) is 3.19. The highest BCUT2D eigenvalue weighted by Crippen LogP contribution is 2.37. The van der Waals surface area contributed by atoms with Crippen molar-refractivity contribution in [2.75, 3.05) is 6.54 Å². The number of guanidine groups is 1. The third-order valence-corrected chi connectivity index (χ3v) is 4.37. The molecule has 21 heavy (non-hydrogen) atoms. The summed E-state index contributed by atoms with van der Waals surface area (Å²) in [5.74, 6) is 0.717. The number of hydrogen-bond donors (Lipinski definition) is 1. The molecule has 2 aromatic carbocycles. The van der Waals surface area contributed by atoms with Gasteiger partial charge in [0.1, 0.15) is 0 Å². The zero-order valence-electron chi connectivity index (χ0n) is 11.9. The molecule has 0 saturated heterocycles. The Labute approximate surface area is 125 Å². The van der Waals surface area contributed by atoms with E-state index in [1.807, 2.05) is 6.07 Å². The number of aliphatic imine (C=N–C) groups is 1. The molecule has 0 radical (unpaired) electrons.